The molecule has 4 unspecified atom stereocenters. The first-order valence-electron chi connectivity index (χ1n) is 9.94. The third-order valence-corrected chi connectivity index (χ3v) is 6.57. The van der Waals surface area contributed by atoms with Gasteiger partial charge in [0.1, 0.15) is 6.04 Å². The van der Waals surface area contributed by atoms with Gasteiger partial charge in [0.05, 0.1) is 12.1 Å². The Kier molecular flexibility index (Phi) is 5.03. The first-order valence-corrected chi connectivity index (χ1v) is 10.7. The zero-order chi connectivity index (χ0) is 20.8. The van der Waals surface area contributed by atoms with E-state index in [1.807, 2.05) is 84.6 Å². The molecule has 0 aromatic heterocycles. The lowest BCUT2D eigenvalue weighted by Gasteiger charge is -2.31. The van der Waals surface area contributed by atoms with E-state index in [9.17, 15) is 4.79 Å². The maximum absolute atomic E-state index is 13.5. The van der Waals surface area contributed by atoms with E-state index < -0.39 is 0 Å². The van der Waals surface area contributed by atoms with Crippen LogP contribution in [0, 0.1) is 12.8 Å². The second kappa shape index (κ2) is 7.71. The van der Waals surface area contributed by atoms with E-state index in [0.29, 0.717) is 10.0 Å². The Labute approximate surface area is 185 Å². The molecular formula is C24H21Cl2N3O. The van der Waals surface area contributed by atoms with Crippen molar-refractivity contribution in [3.63, 3.8) is 0 Å². The maximum atomic E-state index is 13.5. The topological polar surface area (TPSA) is 44.4 Å². The van der Waals surface area contributed by atoms with Crippen LogP contribution in [0.25, 0.3) is 0 Å². The Morgan fingerprint density at radius 1 is 0.733 bits per heavy atom. The van der Waals surface area contributed by atoms with Gasteiger partial charge in [0.25, 0.3) is 0 Å². The van der Waals surface area contributed by atoms with Gasteiger partial charge < -0.3 is 4.90 Å². The van der Waals surface area contributed by atoms with Gasteiger partial charge in [-0.15, -0.1) is 0 Å². The molecule has 4 atom stereocenters. The quantitative estimate of drug-likeness (QED) is 0.589. The summed E-state index contributed by atoms with van der Waals surface area (Å²) in [6, 6.07) is 23.2. The highest BCUT2D eigenvalue weighted by Crippen LogP contribution is 2.49. The van der Waals surface area contributed by atoms with E-state index in [1.54, 1.807) is 0 Å². The van der Waals surface area contributed by atoms with Gasteiger partial charge in [-0.1, -0.05) is 65.2 Å². The van der Waals surface area contributed by atoms with Crippen LogP contribution in [0.15, 0.2) is 72.8 Å². The minimum atomic E-state index is -0.326. The minimum Gasteiger partial charge on any atom is -0.303 e. The lowest BCUT2D eigenvalue weighted by Crippen LogP contribution is -2.41. The molecule has 3 aromatic carbocycles. The van der Waals surface area contributed by atoms with Gasteiger partial charge in [-0.2, -0.15) is 0 Å². The Hall–Kier alpha value is -2.37. The molecule has 30 heavy (non-hydrogen) atoms. The van der Waals surface area contributed by atoms with E-state index in [-0.39, 0.29) is 30.0 Å². The fourth-order valence-corrected chi connectivity index (χ4v) is 4.87. The molecule has 1 amide bonds. The number of carbonyl (C=O) groups excluding carboxylic acids is 1. The fraction of sp³-hybridized carbons (Fsp3) is 0.208. The highest BCUT2D eigenvalue weighted by atomic mass is 35.5. The summed E-state index contributed by atoms with van der Waals surface area (Å²) in [5.74, 6) is 0.0638. The van der Waals surface area contributed by atoms with Crippen molar-refractivity contribution >= 4 is 34.8 Å². The molecule has 3 aromatic rings. The van der Waals surface area contributed by atoms with Crippen molar-refractivity contribution in [2.45, 2.75) is 25.0 Å². The van der Waals surface area contributed by atoms with E-state index in [2.05, 4.69) is 10.9 Å². The van der Waals surface area contributed by atoms with Crippen LogP contribution >= 0.6 is 23.2 Å². The smallest absolute Gasteiger partial charge is 0.246 e. The number of amides is 1. The molecule has 2 N–H and O–H groups in total. The summed E-state index contributed by atoms with van der Waals surface area (Å²) in [6.45, 7) is 2.04. The average Bonchev–Trinajstić information content (AvgIpc) is 3.29. The first kappa shape index (κ1) is 19.6. The average molecular weight is 438 g/mol. The molecule has 0 saturated carbocycles. The van der Waals surface area contributed by atoms with Crippen molar-refractivity contribution in [1.82, 2.24) is 10.9 Å². The lowest BCUT2D eigenvalue weighted by atomic mass is 9.83. The van der Waals surface area contributed by atoms with Crippen LogP contribution in [0.1, 0.15) is 28.8 Å². The van der Waals surface area contributed by atoms with Crippen LogP contribution in [0.3, 0.4) is 0 Å². The lowest BCUT2D eigenvalue weighted by molar-refractivity contribution is -0.119. The third kappa shape index (κ3) is 3.30. The van der Waals surface area contributed by atoms with Crippen LogP contribution < -0.4 is 15.8 Å². The number of nitrogens with one attached hydrogen (secondary N) is 2. The molecule has 2 saturated heterocycles. The standard InChI is InChI=1S/C24H21Cl2N3O/c1-14-2-12-19(13-3-14)29-23(16-6-10-18(26)11-7-16)20-21(27-28-22(20)24(29)30)15-4-8-17(25)9-5-15/h2-13,20-23,27-28H,1H3. The Bertz CT molecular complexity index is 1070. The number of fused-ring (bicyclic) bond motifs is 1. The predicted octanol–water partition coefficient (Wildman–Crippen LogP) is 5.22. The highest BCUT2D eigenvalue weighted by Gasteiger charge is 2.55. The fourth-order valence-electron chi connectivity index (χ4n) is 4.61. The number of hydrogen-bond donors (Lipinski definition) is 2. The van der Waals surface area contributed by atoms with E-state index in [4.69, 9.17) is 23.2 Å². The van der Waals surface area contributed by atoms with Gasteiger partial charge in [0.2, 0.25) is 5.91 Å². The van der Waals surface area contributed by atoms with Gasteiger partial charge in [-0.3, -0.25) is 4.79 Å². The number of nitrogens with zero attached hydrogens (tertiary/aromatic N) is 1. The van der Waals surface area contributed by atoms with Crippen molar-refractivity contribution in [3.8, 4) is 0 Å². The molecule has 6 heteroatoms. The monoisotopic (exact) mass is 437 g/mol. The molecule has 2 aliphatic heterocycles. The maximum Gasteiger partial charge on any atom is 0.246 e. The Morgan fingerprint density at radius 3 is 1.87 bits per heavy atom. The number of rotatable bonds is 3. The van der Waals surface area contributed by atoms with Crippen LogP contribution in [-0.2, 0) is 4.79 Å². The molecule has 2 heterocycles. The number of carbonyl (C=O) groups is 1. The summed E-state index contributed by atoms with van der Waals surface area (Å²) < 4.78 is 0. The molecule has 0 spiro atoms. The van der Waals surface area contributed by atoms with Gasteiger partial charge in [-0.25, -0.2) is 10.9 Å². The second-order valence-corrected chi connectivity index (χ2v) is 8.79. The van der Waals surface area contributed by atoms with Crippen molar-refractivity contribution in [2.24, 2.45) is 5.92 Å². The van der Waals surface area contributed by atoms with Crippen LogP contribution in [0.5, 0.6) is 0 Å². The van der Waals surface area contributed by atoms with Crippen LogP contribution in [0.4, 0.5) is 5.69 Å². The Morgan fingerprint density at radius 2 is 1.27 bits per heavy atom. The minimum absolute atomic E-state index is 0.00107. The molecular weight excluding hydrogens is 417 g/mol. The summed E-state index contributed by atoms with van der Waals surface area (Å²) in [7, 11) is 0. The molecule has 2 fully saturated rings. The van der Waals surface area contributed by atoms with Crippen molar-refractivity contribution in [3.05, 3.63) is 99.5 Å². The summed E-state index contributed by atoms with van der Waals surface area (Å²) >= 11 is 12.2. The number of hydrogen-bond acceptors (Lipinski definition) is 3. The second-order valence-electron chi connectivity index (χ2n) is 7.91. The zero-order valence-electron chi connectivity index (χ0n) is 16.3. The number of aryl methyl sites for hydroxylation is 1. The number of benzene rings is 3. The normalized spacial score (nSPS) is 25.6. The van der Waals surface area contributed by atoms with Gasteiger partial charge in [0.15, 0.2) is 0 Å². The summed E-state index contributed by atoms with van der Waals surface area (Å²) in [5.41, 5.74) is 10.8. The number of anilines is 1. The van der Waals surface area contributed by atoms with Gasteiger partial charge >= 0.3 is 0 Å². The third-order valence-electron chi connectivity index (χ3n) is 6.06. The SMILES string of the molecule is Cc1ccc(N2C(=O)C3NNC(c4ccc(Cl)cc4)C3C2c2ccc(Cl)cc2)cc1. The van der Waals surface area contributed by atoms with Gasteiger partial charge in [-0.05, 0) is 54.4 Å². The molecule has 0 aliphatic carbocycles. The first-order chi connectivity index (χ1) is 14.5. The van der Waals surface area contributed by atoms with Crippen molar-refractivity contribution < 1.29 is 4.79 Å². The highest BCUT2D eigenvalue weighted by molar-refractivity contribution is 6.30. The van der Waals surface area contributed by atoms with Crippen molar-refractivity contribution in [2.75, 3.05) is 4.90 Å². The molecule has 4 nitrogen and oxygen atoms in total. The molecule has 5 rings (SSSR count). The predicted molar refractivity (Wildman–Crippen MR) is 121 cm³/mol. The summed E-state index contributed by atoms with van der Waals surface area (Å²) in [5, 5.41) is 1.37. The zero-order valence-corrected chi connectivity index (χ0v) is 17.9. The van der Waals surface area contributed by atoms with Crippen LogP contribution in [-0.4, -0.2) is 11.9 Å². The van der Waals surface area contributed by atoms with E-state index >= 15 is 0 Å². The van der Waals surface area contributed by atoms with Gasteiger partial charge in [0, 0.05) is 21.7 Å². The molecule has 0 bridgehead atoms. The summed E-state index contributed by atoms with van der Waals surface area (Å²) in [6.07, 6.45) is 0. The molecule has 0 radical (unpaired) electrons. The molecule has 2 aliphatic rings. The number of hydrazine groups is 1. The summed E-state index contributed by atoms with van der Waals surface area (Å²) in [4.78, 5) is 15.5. The largest absolute Gasteiger partial charge is 0.303 e. The number of halogens is 2. The Balaban J connectivity index is 1.62. The van der Waals surface area contributed by atoms with E-state index in [0.717, 1.165) is 22.4 Å². The van der Waals surface area contributed by atoms with Crippen LogP contribution in [0.2, 0.25) is 10.0 Å². The molecule has 152 valence electrons. The van der Waals surface area contributed by atoms with Crippen molar-refractivity contribution in [1.29, 1.82) is 0 Å². The van der Waals surface area contributed by atoms with E-state index in [1.165, 1.54) is 0 Å².